The molecule has 1 N–H and O–H groups in total. The van der Waals surface area contributed by atoms with Crippen LogP contribution in [-0.2, 0) is 21.4 Å². The van der Waals surface area contributed by atoms with E-state index in [1.165, 1.54) is 6.07 Å². The van der Waals surface area contributed by atoms with Crippen molar-refractivity contribution in [2.75, 3.05) is 13.6 Å². The summed E-state index contributed by atoms with van der Waals surface area (Å²) in [5.41, 5.74) is 1.83. The van der Waals surface area contributed by atoms with Gasteiger partial charge < -0.3 is 4.90 Å². The van der Waals surface area contributed by atoms with E-state index < -0.39 is 10.0 Å². The number of sulfonamides is 1. The van der Waals surface area contributed by atoms with Crippen molar-refractivity contribution < 1.29 is 13.2 Å². The fourth-order valence-corrected chi connectivity index (χ4v) is 4.78. The highest BCUT2D eigenvalue weighted by molar-refractivity contribution is 9.10. The molecule has 0 radical (unpaired) electrons. The summed E-state index contributed by atoms with van der Waals surface area (Å²) in [5.74, 6) is -0.160. The first-order valence-corrected chi connectivity index (χ1v) is 11.2. The molecule has 0 bridgehead atoms. The van der Waals surface area contributed by atoms with Crippen LogP contribution in [0.25, 0.3) is 5.69 Å². The van der Waals surface area contributed by atoms with Crippen LogP contribution in [-0.4, -0.2) is 42.6 Å². The van der Waals surface area contributed by atoms with E-state index in [0.717, 1.165) is 11.3 Å². The van der Waals surface area contributed by atoms with Gasteiger partial charge in [-0.25, -0.2) is 17.8 Å². The first-order valence-electron chi connectivity index (χ1n) is 8.94. The molecule has 1 heterocycles. The average molecular weight is 477 g/mol. The maximum Gasteiger partial charge on any atom is 0.241 e. The minimum atomic E-state index is -3.68. The highest BCUT2D eigenvalue weighted by Crippen LogP contribution is 2.20. The van der Waals surface area contributed by atoms with Gasteiger partial charge in [0, 0.05) is 42.8 Å². The second-order valence-corrected chi connectivity index (χ2v) is 9.05. The van der Waals surface area contributed by atoms with E-state index in [1.807, 2.05) is 36.5 Å². The van der Waals surface area contributed by atoms with E-state index in [0.29, 0.717) is 11.0 Å². The molecule has 0 saturated carbocycles. The lowest BCUT2D eigenvalue weighted by Gasteiger charge is -2.16. The zero-order valence-corrected chi connectivity index (χ0v) is 18.2. The fraction of sp³-hybridized carbons (Fsp3) is 0.200. The number of aromatic nitrogens is 2. The van der Waals surface area contributed by atoms with Crippen molar-refractivity contribution in [1.82, 2.24) is 19.4 Å². The third-order valence-corrected chi connectivity index (χ3v) is 6.73. The maximum atomic E-state index is 12.4. The molecular weight excluding hydrogens is 456 g/mol. The van der Waals surface area contributed by atoms with Crippen LogP contribution in [0.15, 0.2) is 76.4 Å². The highest BCUT2D eigenvalue weighted by Gasteiger charge is 2.18. The summed E-state index contributed by atoms with van der Waals surface area (Å²) in [4.78, 5) is 14.1. The molecule has 1 aromatic heterocycles. The molecule has 0 aliphatic carbocycles. The summed E-state index contributed by atoms with van der Waals surface area (Å²) in [7, 11) is -1.99. The Balaban J connectivity index is 1.52. The van der Waals surface area contributed by atoms with Crippen LogP contribution in [0, 0.1) is 0 Å². The zero-order chi connectivity index (χ0) is 20.9. The molecule has 0 aliphatic rings. The van der Waals surface area contributed by atoms with Crippen LogP contribution in [0.5, 0.6) is 0 Å². The Bertz CT molecular complexity index is 1080. The Morgan fingerprint density at radius 3 is 2.55 bits per heavy atom. The largest absolute Gasteiger partial charge is 0.341 e. The van der Waals surface area contributed by atoms with E-state index in [2.05, 4.69) is 25.8 Å². The third kappa shape index (κ3) is 5.53. The number of para-hydroxylation sites is 1. The molecule has 1 amide bonds. The van der Waals surface area contributed by atoms with Gasteiger partial charge in [-0.1, -0.05) is 30.3 Å². The SMILES string of the molecule is CN(Cc1cnn(-c2ccccc2)c1)C(=O)CCNS(=O)(=O)c1ccccc1Br. The van der Waals surface area contributed by atoms with Gasteiger partial charge in [0.25, 0.3) is 0 Å². The molecule has 7 nitrogen and oxygen atoms in total. The Kier molecular flexibility index (Phi) is 6.83. The Morgan fingerprint density at radius 1 is 1.14 bits per heavy atom. The van der Waals surface area contributed by atoms with Gasteiger partial charge in [-0.2, -0.15) is 5.10 Å². The Labute approximate surface area is 178 Å². The first-order chi connectivity index (χ1) is 13.9. The van der Waals surface area contributed by atoms with E-state index in [4.69, 9.17) is 0 Å². The minimum Gasteiger partial charge on any atom is -0.341 e. The normalized spacial score (nSPS) is 11.4. The molecule has 29 heavy (non-hydrogen) atoms. The topological polar surface area (TPSA) is 84.3 Å². The lowest BCUT2D eigenvalue weighted by molar-refractivity contribution is -0.130. The predicted octanol–water partition coefficient (Wildman–Crippen LogP) is 2.96. The summed E-state index contributed by atoms with van der Waals surface area (Å²) in [5, 5.41) is 4.32. The number of carbonyl (C=O) groups is 1. The third-order valence-electron chi connectivity index (χ3n) is 4.26. The predicted molar refractivity (Wildman–Crippen MR) is 114 cm³/mol. The second kappa shape index (κ2) is 9.34. The number of carbonyl (C=O) groups excluding carboxylic acids is 1. The van der Waals surface area contributed by atoms with Crippen molar-refractivity contribution in [2.24, 2.45) is 0 Å². The van der Waals surface area contributed by atoms with Crippen LogP contribution in [0.2, 0.25) is 0 Å². The molecule has 0 fully saturated rings. The van der Waals surface area contributed by atoms with Crippen LogP contribution in [0.4, 0.5) is 0 Å². The first kappa shape index (κ1) is 21.2. The second-order valence-electron chi connectivity index (χ2n) is 6.46. The number of amides is 1. The van der Waals surface area contributed by atoms with Crippen LogP contribution in [0.3, 0.4) is 0 Å². The zero-order valence-electron chi connectivity index (χ0n) is 15.8. The number of halogens is 1. The summed E-state index contributed by atoms with van der Waals surface area (Å²) in [6.07, 6.45) is 3.65. The van der Waals surface area contributed by atoms with E-state index in [-0.39, 0.29) is 23.8 Å². The van der Waals surface area contributed by atoms with Crippen molar-refractivity contribution in [2.45, 2.75) is 17.9 Å². The summed E-state index contributed by atoms with van der Waals surface area (Å²) in [6, 6.07) is 16.2. The van der Waals surface area contributed by atoms with Crippen LogP contribution in [0.1, 0.15) is 12.0 Å². The van der Waals surface area contributed by atoms with Crippen molar-refractivity contribution in [1.29, 1.82) is 0 Å². The molecule has 0 spiro atoms. The quantitative estimate of drug-likeness (QED) is 0.541. The molecule has 2 aromatic carbocycles. The van der Waals surface area contributed by atoms with Crippen LogP contribution >= 0.6 is 15.9 Å². The monoisotopic (exact) mass is 476 g/mol. The molecule has 3 aromatic rings. The van der Waals surface area contributed by atoms with E-state index >= 15 is 0 Å². The molecular formula is C20H21BrN4O3S. The van der Waals surface area contributed by atoms with Crippen molar-refractivity contribution in [3.63, 3.8) is 0 Å². The lowest BCUT2D eigenvalue weighted by atomic mass is 10.3. The van der Waals surface area contributed by atoms with Gasteiger partial charge in [0.2, 0.25) is 15.9 Å². The smallest absolute Gasteiger partial charge is 0.241 e. The van der Waals surface area contributed by atoms with E-state index in [1.54, 1.807) is 41.0 Å². The van der Waals surface area contributed by atoms with Crippen molar-refractivity contribution in [3.8, 4) is 5.69 Å². The van der Waals surface area contributed by atoms with Gasteiger partial charge in [-0.05, 0) is 40.2 Å². The number of rotatable bonds is 8. The number of nitrogens with zero attached hydrogens (tertiary/aromatic N) is 3. The van der Waals surface area contributed by atoms with E-state index in [9.17, 15) is 13.2 Å². The van der Waals surface area contributed by atoms with Gasteiger partial charge in [0.15, 0.2) is 0 Å². The molecule has 152 valence electrons. The van der Waals surface area contributed by atoms with Gasteiger partial charge >= 0.3 is 0 Å². The highest BCUT2D eigenvalue weighted by atomic mass is 79.9. The average Bonchev–Trinajstić information content (AvgIpc) is 3.17. The molecule has 3 rings (SSSR count). The maximum absolute atomic E-state index is 12.4. The molecule has 9 heteroatoms. The summed E-state index contributed by atoms with van der Waals surface area (Å²) in [6.45, 7) is 0.415. The van der Waals surface area contributed by atoms with Gasteiger partial charge in [-0.15, -0.1) is 0 Å². The number of hydrogen-bond acceptors (Lipinski definition) is 4. The summed E-state index contributed by atoms with van der Waals surface area (Å²) >= 11 is 3.23. The van der Waals surface area contributed by atoms with Gasteiger partial charge in [0.1, 0.15) is 0 Å². The summed E-state index contributed by atoms with van der Waals surface area (Å²) < 4.78 is 29.4. The standard InChI is InChI=1S/C20H21BrN4O3S/c1-24(14-16-13-22-25(15-16)17-7-3-2-4-8-17)20(26)11-12-23-29(27,28)19-10-6-5-9-18(19)21/h2-10,13,15,23H,11-12,14H2,1H3. The van der Waals surface area contributed by atoms with Gasteiger partial charge in [0.05, 0.1) is 16.8 Å². The molecule has 0 saturated heterocycles. The van der Waals surface area contributed by atoms with Crippen molar-refractivity contribution >= 4 is 31.9 Å². The van der Waals surface area contributed by atoms with Crippen LogP contribution < -0.4 is 4.72 Å². The lowest BCUT2D eigenvalue weighted by Crippen LogP contribution is -2.32. The van der Waals surface area contributed by atoms with Crippen molar-refractivity contribution in [3.05, 3.63) is 77.0 Å². The Morgan fingerprint density at radius 2 is 1.83 bits per heavy atom. The van der Waals surface area contributed by atoms with Gasteiger partial charge in [-0.3, -0.25) is 4.79 Å². The molecule has 0 unspecified atom stereocenters. The fourth-order valence-electron chi connectivity index (χ4n) is 2.75. The minimum absolute atomic E-state index is 0.0239. The number of nitrogens with one attached hydrogen (secondary N) is 1. The Hall–Kier alpha value is -2.49. The molecule has 0 aliphatic heterocycles. The number of hydrogen-bond donors (Lipinski definition) is 1. The number of benzene rings is 2. The molecule has 0 atom stereocenters.